The normalized spacial score (nSPS) is 12.0. The van der Waals surface area contributed by atoms with Crippen LogP contribution in [0.5, 0.6) is 23.0 Å². The standard InChI is InChI=1S/C29H29N3O5S/c1-34-23-10-9-22(26(13-23)35-2)16-32(15-21-8-11-25-27(12-21)37-19-36-25)17-28-31-24(18-38-28)29(33)30-14-20-6-4-3-5-7-20/h3-13,18H,14-17,19H2,1-2H3,(H,30,33). The Morgan fingerprint density at radius 3 is 2.61 bits per heavy atom. The third-order valence-electron chi connectivity index (χ3n) is 6.17. The Kier molecular flexibility index (Phi) is 8.06. The smallest absolute Gasteiger partial charge is 0.271 e. The van der Waals surface area contributed by atoms with Crippen LogP contribution in [0.25, 0.3) is 0 Å². The van der Waals surface area contributed by atoms with Crippen molar-refractivity contribution >= 4 is 17.2 Å². The van der Waals surface area contributed by atoms with E-state index in [4.69, 9.17) is 18.9 Å². The third-order valence-corrected chi connectivity index (χ3v) is 7.00. The minimum absolute atomic E-state index is 0.185. The van der Waals surface area contributed by atoms with Gasteiger partial charge >= 0.3 is 0 Å². The Bertz CT molecular complexity index is 1390. The van der Waals surface area contributed by atoms with E-state index in [1.165, 1.54) is 11.3 Å². The fourth-order valence-corrected chi connectivity index (χ4v) is 5.05. The number of methoxy groups -OCH3 is 2. The molecule has 0 atom stereocenters. The van der Waals surface area contributed by atoms with Crippen molar-refractivity contribution in [1.82, 2.24) is 15.2 Å². The lowest BCUT2D eigenvalue weighted by Crippen LogP contribution is -2.24. The number of benzene rings is 3. The first-order chi connectivity index (χ1) is 18.6. The minimum atomic E-state index is -0.185. The van der Waals surface area contributed by atoms with Gasteiger partial charge in [-0.15, -0.1) is 11.3 Å². The van der Waals surface area contributed by atoms with E-state index in [1.54, 1.807) is 14.2 Å². The van der Waals surface area contributed by atoms with Crippen LogP contribution in [0.1, 0.15) is 32.2 Å². The number of amides is 1. The van der Waals surface area contributed by atoms with Gasteiger partial charge in [-0.1, -0.05) is 42.5 Å². The average molecular weight is 532 g/mol. The highest BCUT2D eigenvalue weighted by Crippen LogP contribution is 2.33. The molecule has 196 valence electrons. The van der Waals surface area contributed by atoms with E-state index in [2.05, 4.69) is 15.2 Å². The Morgan fingerprint density at radius 1 is 0.947 bits per heavy atom. The van der Waals surface area contributed by atoms with E-state index in [0.29, 0.717) is 31.9 Å². The van der Waals surface area contributed by atoms with Gasteiger partial charge in [0.25, 0.3) is 5.91 Å². The lowest BCUT2D eigenvalue weighted by molar-refractivity contribution is 0.0946. The van der Waals surface area contributed by atoms with Crippen LogP contribution in [0.15, 0.2) is 72.1 Å². The molecule has 1 aliphatic rings. The van der Waals surface area contributed by atoms with Crippen LogP contribution in [-0.4, -0.2) is 36.8 Å². The van der Waals surface area contributed by atoms with Gasteiger partial charge in [0.15, 0.2) is 11.5 Å². The SMILES string of the molecule is COc1ccc(CN(Cc2ccc3c(c2)OCO3)Cc2nc(C(=O)NCc3ccccc3)cs2)c(OC)c1. The van der Waals surface area contributed by atoms with E-state index in [0.717, 1.165) is 44.7 Å². The molecule has 0 spiro atoms. The van der Waals surface area contributed by atoms with Gasteiger partial charge in [-0.25, -0.2) is 4.98 Å². The van der Waals surface area contributed by atoms with Gasteiger partial charge in [0.05, 0.1) is 20.8 Å². The molecule has 0 bridgehead atoms. The van der Waals surface area contributed by atoms with Crippen molar-refractivity contribution in [3.8, 4) is 23.0 Å². The lowest BCUT2D eigenvalue weighted by atomic mass is 10.1. The van der Waals surface area contributed by atoms with Crippen LogP contribution in [-0.2, 0) is 26.2 Å². The summed E-state index contributed by atoms with van der Waals surface area (Å²) in [6, 6.07) is 21.6. The summed E-state index contributed by atoms with van der Waals surface area (Å²) in [4.78, 5) is 19.6. The Morgan fingerprint density at radius 2 is 1.79 bits per heavy atom. The molecule has 0 radical (unpaired) electrons. The van der Waals surface area contributed by atoms with Gasteiger partial charge in [0, 0.05) is 36.6 Å². The van der Waals surface area contributed by atoms with E-state index in [9.17, 15) is 4.79 Å². The van der Waals surface area contributed by atoms with Crippen LogP contribution in [0.4, 0.5) is 0 Å². The molecular formula is C29H29N3O5S. The van der Waals surface area contributed by atoms with Crippen molar-refractivity contribution < 1.29 is 23.7 Å². The van der Waals surface area contributed by atoms with E-state index in [1.807, 2.05) is 72.1 Å². The highest BCUT2D eigenvalue weighted by atomic mass is 32.1. The second-order valence-corrected chi connectivity index (χ2v) is 9.75. The van der Waals surface area contributed by atoms with Crippen molar-refractivity contribution in [1.29, 1.82) is 0 Å². The summed E-state index contributed by atoms with van der Waals surface area (Å²) in [7, 11) is 3.29. The molecule has 8 nitrogen and oxygen atoms in total. The molecule has 1 amide bonds. The van der Waals surface area contributed by atoms with Crippen LogP contribution in [0.2, 0.25) is 0 Å². The third kappa shape index (κ3) is 6.24. The van der Waals surface area contributed by atoms with Gasteiger partial charge in [-0.3, -0.25) is 9.69 Å². The van der Waals surface area contributed by atoms with Crippen LogP contribution in [0.3, 0.4) is 0 Å². The molecule has 0 saturated carbocycles. The Labute approximate surface area is 225 Å². The maximum Gasteiger partial charge on any atom is 0.271 e. The summed E-state index contributed by atoms with van der Waals surface area (Å²) < 4.78 is 22.0. The molecular weight excluding hydrogens is 502 g/mol. The zero-order valence-corrected chi connectivity index (χ0v) is 22.1. The predicted octanol–water partition coefficient (Wildman–Crippen LogP) is 5.02. The minimum Gasteiger partial charge on any atom is -0.497 e. The fraction of sp³-hybridized carbons (Fsp3) is 0.241. The number of carbonyl (C=O) groups excluding carboxylic acids is 1. The topological polar surface area (TPSA) is 82.2 Å². The van der Waals surface area contributed by atoms with E-state index < -0.39 is 0 Å². The van der Waals surface area contributed by atoms with Crippen molar-refractivity contribution in [3.05, 3.63) is 99.5 Å². The first-order valence-corrected chi connectivity index (χ1v) is 13.1. The van der Waals surface area contributed by atoms with Gasteiger partial charge in [-0.2, -0.15) is 0 Å². The second kappa shape index (κ2) is 12.0. The monoisotopic (exact) mass is 531 g/mol. The van der Waals surface area contributed by atoms with Crippen molar-refractivity contribution in [2.75, 3.05) is 21.0 Å². The zero-order valence-electron chi connectivity index (χ0n) is 21.3. The van der Waals surface area contributed by atoms with Crippen LogP contribution < -0.4 is 24.3 Å². The maximum absolute atomic E-state index is 12.7. The largest absolute Gasteiger partial charge is 0.497 e. The van der Waals surface area contributed by atoms with Gasteiger partial charge < -0.3 is 24.3 Å². The molecule has 38 heavy (non-hydrogen) atoms. The second-order valence-electron chi connectivity index (χ2n) is 8.81. The highest BCUT2D eigenvalue weighted by Gasteiger charge is 2.19. The molecule has 2 heterocycles. The highest BCUT2D eigenvalue weighted by molar-refractivity contribution is 7.09. The summed E-state index contributed by atoms with van der Waals surface area (Å²) in [5.74, 6) is 2.80. The molecule has 4 aromatic rings. The van der Waals surface area contributed by atoms with E-state index in [-0.39, 0.29) is 12.7 Å². The van der Waals surface area contributed by atoms with E-state index >= 15 is 0 Å². The predicted molar refractivity (Wildman–Crippen MR) is 145 cm³/mol. The Balaban J connectivity index is 1.32. The van der Waals surface area contributed by atoms with Crippen LogP contribution >= 0.6 is 11.3 Å². The number of ether oxygens (including phenoxy) is 4. The van der Waals surface area contributed by atoms with Crippen molar-refractivity contribution in [3.63, 3.8) is 0 Å². The summed E-state index contributed by atoms with van der Waals surface area (Å²) >= 11 is 1.48. The first-order valence-electron chi connectivity index (χ1n) is 12.2. The number of carbonyl (C=O) groups is 1. The van der Waals surface area contributed by atoms with Gasteiger partial charge in [0.2, 0.25) is 6.79 Å². The molecule has 0 unspecified atom stereocenters. The molecule has 0 aliphatic carbocycles. The molecule has 5 rings (SSSR count). The summed E-state index contributed by atoms with van der Waals surface area (Å²) in [6.07, 6.45) is 0. The number of fused-ring (bicyclic) bond motifs is 1. The number of aromatic nitrogens is 1. The number of rotatable bonds is 11. The zero-order chi connectivity index (χ0) is 26.3. The average Bonchev–Trinajstić information content (AvgIpc) is 3.62. The molecule has 1 N–H and O–H groups in total. The van der Waals surface area contributed by atoms with Crippen molar-refractivity contribution in [2.24, 2.45) is 0 Å². The summed E-state index contributed by atoms with van der Waals surface area (Å²) in [5, 5.41) is 5.61. The number of hydrogen-bond donors (Lipinski definition) is 1. The number of nitrogens with one attached hydrogen (secondary N) is 1. The summed E-state index contributed by atoms with van der Waals surface area (Å²) in [5.41, 5.74) is 3.57. The maximum atomic E-state index is 12.7. The molecule has 3 aromatic carbocycles. The molecule has 1 aromatic heterocycles. The number of nitrogens with zero attached hydrogens (tertiary/aromatic N) is 2. The number of hydrogen-bond acceptors (Lipinski definition) is 8. The Hall–Kier alpha value is -4.08. The van der Waals surface area contributed by atoms with Crippen LogP contribution in [0, 0.1) is 0 Å². The van der Waals surface area contributed by atoms with Gasteiger partial charge in [-0.05, 0) is 29.3 Å². The molecule has 1 aliphatic heterocycles. The van der Waals surface area contributed by atoms with Gasteiger partial charge in [0.1, 0.15) is 22.2 Å². The molecule has 0 saturated heterocycles. The van der Waals surface area contributed by atoms with Crippen molar-refractivity contribution in [2.45, 2.75) is 26.2 Å². The fourth-order valence-electron chi connectivity index (χ4n) is 4.24. The quantitative estimate of drug-likeness (QED) is 0.291. The number of thiazole rings is 1. The summed E-state index contributed by atoms with van der Waals surface area (Å²) in [6.45, 7) is 2.50. The molecule has 0 fully saturated rings. The lowest BCUT2D eigenvalue weighted by Gasteiger charge is -2.23. The first kappa shape index (κ1) is 25.6. The molecule has 9 heteroatoms.